The van der Waals surface area contributed by atoms with Crippen molar-refractivity contribution in [1.82, 2.24) is 10.6 Å². The Morgan fingerprint density at radius 2 is 2.31 bits per heavy atom. The zero-order chi connectivity index (χ0) is 10.0. The number of carbonyl (C=O) groups excluding carboxylic acids is 1. The van der Waals surface area contributed by atoms with Crippen LogP contribution in [-0.4, -0.2) is 28.1 Å². The molecule has 0 saturated carbocycles. The molecule has 1 rings (SSSR count). The van der Waals surface area contributed by atoms with E-state index in [1.165, 1.54) is 0 Å². The molecule has 0 aromatic rings. The lowest BCUT2D eigenvalue weighted by molar-refractivity contribution is -0.140. The van der Waals surface area contributed by atoms with Gasteiger partial charge in [-0.2, -0.15) is 0 Å². The zero-order valence-electron chi connectivity index (χ0n) is 7.03. The Bertz CT molecular complexity index is 266. The second kappa shape index (κ2) is 3.69. The van der Waals surface area contributed by atoms with Gasteiger partial charge >= 0.3 is 12.0 Å². The van der Waals surface area contributed by atoms with Gasteiger partial charge in [-0.3, -0.25) is 0 Å². The molecule has 72 valence electrons. The Morgan fingerprint density at radius 1 is 1.69 bits per heavy atom. The number of nitrogens with one attached hydrogen (secondary N) is 2. The molecule has 0 bridgehead atoms. The molecule has 6 heteroatoms. The molecule has 1 heterocycles. The molecule has 0 unspecified atom stereocenters. The third kappa shape index (κ3) is 1.95. The number of thiocarbonyl (C=S) groups is 1. The third-order valence-corrected chi connectivity index (χ3v) is 2.37. The second-order valence-electron chi connectivity index (χ2n) is 2.79. The van der Waals surface area contributed by atoms with Gasteiger partial charge < -0.3 is 15.7 Å². The van der Waals surface area contributed by atoms with Crippen molar-refractivity contribution in [2.75, 3.05) is 0 Å². The Labute approximate surface area is 80.5 Å². The Morgan fingerprint density at radius 3 is 2.77 bits per heavy atom. The number of hydrogen-bond donors (Lipinski definition) is 3. The number of amides is 2. The lowest BCUT2D eigenvalue weighted by Crippen LogP contribution is -2.60. The van der Waals surface area contributed by atoms with Crippen molar-refractivity contribution < 1.29 is 14.7 Å². The van der Waals surface area contributed by atoms with Crippen LogP contribution in [0.2, 0.25) is 0 Å². The summed E-state index contributed by atoms with van der Waals surface area (Å²) in [6, 6.07) is -1.44. The van der Waals surface area contributed by atoms with E-state index in [1.54, 1.807) is 0 Å². The molecule has 1 saturated heterocycles. The minimum atomic E-state index is -1.05. The topological polar surface area (TPSA) is 78.4 Å². The van der Waals surface area contributed by atoms with Gasteiger partial charge in [-0.1, -0.05) is 19.1 Å². The summed E-state index contributed by atoms with van der Waals surface area (Å²) in [6.07, 6.45) is 0.586. The minimum absolute atomic E-state index is 0.304. The van der Waals surface area contributed by atoms with Gasteiger partial charge in [0, 0.05) is 5.92 Å². The number of hydrogen-bond acceptors (Lipinski definition) is 3. The zero-order valence-corrected chi connectivity index (χ0v) is 7.85. The highest BCUT2D eigenvalue weighted by atomic mass is 32.1. The first-order valence-electron chi connectivity index (χ1n) is 3.90. The van der Waals surface area contributed by atoms with Crippen LogP contribution in [0.5, 0.6) is 0 Å². The van der Waals surface area contributed by atoms with Crippen molar-refractivity contribution in [1.29, 1.82) is 0 Å². The molecule has 0 aromatic carbocycles. The van der Waals surface area contributed by atoms with Gasteiger partial charge in [0.05, 0.1) is 4.99 Å². The molecular weight excluding hydrogens is 192 g/mol. The number of aliphatic carboxylic acids is 1. The summed E-state index contributed by atoms with van der Waals surface area (Å²) < 4.78 is 0. The van der Waals surface area contributed by atoms with Gasteiger partial charge in [0.1, 0.15) is 6.04 Å². The molecule has 2 atom stereocenters. The molecule has 0 radical (unpaired) electrons. The summed E-state index contributed by atoms with van der Waals surface area (Å²) in [5.41, 5.74) is 0. The summed E-state index contributed by atoms with van der Waals surface area (Å²) >= 11 is 4.86. The van der Waals surface area contributed by atoms with E-state index in [9.17, 15) is 9.59 Å². The fraction of sp³-hybridized carbons (Fsp3) is 0.571. The largest absolute Gasteiger partial charge is 0.480 e. The first-order valence-corrected chi connectivity index (χ1v) is 4.31. The van der Waals surface area contributed by atoms with E-state index in [1.807, 2.05) is 6.92 Å². The fourth-order valence-electron chi connectivity index (χ4n) is 1.29. The molecule has 2 amide bonds. The van der Waals surface area contributed by atoms with E-state index < -0.39 is 18.0 Å². The van der Waals surface area contributed by atoms with Crippen LogP contribution in [-0.2, 0) is 4.79 Å². The predicted octanol–water partition coefficient (Wildman–Crippen LogP) is 0.106. The summed E-state index contributed by atoms with van der Waals surface area (Å²) in [5, 5.41) is 13.5. The van der Waals surface area contributed by atoms with E-state index in [4.69, 9.17) is 17.3 Å². The molecule has 0 aliphatic carbocycles. The van der Waals surface area contributed by atoms with E-state index in [0.717, 1.165) is 0 Å². The van der Waals surface area contributed by atoms with Crippen molar-refractivity contribution in [3.8, 4) is 0 Å². The van der Waals surface area contributed by atoms with Gasteiger partial charge in [0.2, 0.25) is 0 Å². The van der Waals surface area contributed by atoms with Crippen LogP contribution >= 0.6 is 12.2 Å². The molecule has 3 N–H and O–H groups in total. The lowest BCUT2D eigenvalue weighted by atomic mass is 9.95. The Kier molecular flexibility index (Phi) is 2.82. The number of rotatable bonds is 2. The van der Waals surface area contributed by atoms with E-state index >= 15 is 0 Å². The lowest BCUT2D eigenvalue weighted by Gasteiger charge is -2.29. The van der Waals surface area contributed by atoms with Crippen molar-refractivity contribution in [3.05, 3.63) is 0 Å². The van der Waals surface area contributed by atoms with E-state index in [-0.39, 0.29) is 5.92 Å². The van der Waals surface area contributed by atoms with Crippen LogP contribution in [0.25, 0.3) is 0 Å². The number of urea groups is 1. The molecule has 0 spiro atoms. The SMILES string of the molecule is CC[C@@H]1C(=S)NC(=O)N[C@@H]1C(=O)O. The van der Waals surface area contributed by atoms with Crippen LogP contribution in [0.3, 0.4) is 0 Å². The monoisotopic (exact) mass is 202 g/mol. The molecule has 1 fully saturated rings. The minimum Gasteiger partial charge on any atom is -0.480 e. The third-order valence-electron chi connectivity index (χ3n) is 1.97. The molecular formula is C7H10N2O3S. The molecule has 0 aromatic heterocycles. The van der Waals surface area contributed by atoms with Crippen LogP contribution < -0.4 is 10.6 Å². The summed E-state index contributed by atoms with van der Waals surface area (Å²) in [6.45, 7) is 1.83. The first kappa shape index (κ1) is 9.91. The summed E-state index contributed by atoms with van der Waals surface area (Å²) in [7, 11) is 0. The average molecular weight is 202 g/mol. The fourth-order valence-corrected chi connectivity index (χ4v) is 1.68. The highest BCUT2D eigenvalue weighted by molar-refractivity contribution is 7.80. The van der Waals surface area contributed by atoms with E-state index in [0.29, 0.717) is 11.4 Å². The van der Waals surface area contributed by atoms with Gasteiger partial charge in [-0.25, -0.2) is 9.59 Å². The molecule has 5 nitrogen and oxygen atoms in total. The summed E-state index contributed by atoms with van der Waals surface area (Å²) in [4.78, 5) is 21.9. The van der Waals surface area contributed by atoms with Gasteiger partial charge in [0.25, 0.3) is 0 Å². The number of carboxylic acid groups (broad SMARTS) is 1. The standard InChI is InChI=1S/C7H10N2O3S/c1-2-3-4(6(10)11)8-7(12)9-5(3)13/h3-4H,2H2,1H3,(H,10,11)(H2,8,9,12,13)/t3-,4-/m0/s1. The van der Waals surface area contributed by atoms with Gasteiger partial charge in [-0.05, 0) is 6.42 Å². The highest BCUT2D eigenvalue weighted by Crippen LogP contribution is 2.14. The second-order valence-corrected chi connectivity index (χ2v) is 3.23. The molecule has 1 aliphatic rings. The van der Waals surface area contributed by atoms with Crippen molar-refractivity contribution in [2.45, 2.75) is 19.4 Å². The maximum Gasteiger partial charge on any atom is 0.326 e. The normalized spacial score (nSPS) is 27.8. The molecule has 13 heavy (non-hydrogen) atoms. The van der Waals surface area contributed by atoms with Crippen LogP contribution in [0.4, 0.5) is 4.79 Å². The smallest absolute Gasteiger partial charge is 0.326 e. The number of carboxylic acids is 1. The Hall–Kier alpha value is -1.17. The summed E-state index contributed by atoms with van der Waals surface area (Å²) in [5.74, 6) is -1.37. The van der Waals surface area contributed by atoms with Crippen molar-refractivity contribution in [2.24, 2.45) is 5.92 Å². The average Bonchev–Trinajstić information content (AvgIpc) is 2.02. The van der Waals surface area contributed by atoms with Crippen molar-refractivity contribution >= 4 is 29.2 Å². The van der Waals surface area contributed by atoms with Crippen LogP contribution in [0.1, 0.15) is 13.3 Å². The van der Waals surface area contributed by atoms with E-state index in [2.05, 4.69) is 10.6 Å². The van der Waals surface area contributed by atoms with Crippen LogP contribution in [0, 0.1) is 5.92 Å². The van der Waals surface area contributed by atoms with Gasteiger partial charge in [-0.15, -0.1) is 0 Å². The van der Waals surface area contributed by atoms with Gasteiger partial charge in [0.15, 0.2) is 0 Å². The van der Waals surface area contributed by atoms with Crippen molar-refractivity contribution in [3.63, 3.8) is 0 Å². The maximum absolute atomic E-state index is 10.9. The highest BCUT2D eigenvalue weighted by Gasteiger charge is 2.35. The maximum atomic E-state index is 10.9. The molecule has 1 aliphatic heterocycles. The predicted molar refractivity (Wildman–Crippen MR) is 49.5 cm³/mol. The van der Waals surface area contributed by atoms with Crippen LogP contribution in [0.15, 0.2) is 0 Å². The Balaban J connectivity index is 2.83. The quantitative estimate of drug-likeness (QED) is 0.555. The number of carbonyl (C=O) groups is 2. The first-order chi connectivity index (χ1) is 6.06.